The number of ether oxygens (including phenoxy) is 1. The first-order valence-electron chi connectivity index (χ1n) is 10.3. The summed E-state index contributed by atoms with van der Waals surface area (Å²) in [7, 11) is 0. The van der Waals surface area contributed by atoms with Gasteiger partial charge in [-0.15, -0.1) is 0 Å². The number of aryl methyl sites for hydroxylation is 1. The van der Waals surface area contributed by atoms with Gasteiger partial charge >= 0.3 is 0 Å². The molecule has 1 aliphatic carbocycles. The second-order valence-corrected chi connectivity index (χ2v) is 7.79. The van der Waals surface area contributed by atoms with Crippen LogP contribution < -0.4 is 10.3 Å². The number of pyridine rings is 1. The molecule has 3 aromatic rings. The molecule has 5 nitrogen and oxygen atoms in total. The molecule has 1 saturated carbocycles. The van der Waals surface area contributed by atoms with E-state index in [2.05, 4.69) is 40.9 Å². The normalized spacial score (nSPS) is 13.9. The Labute approximate surface area is 176 Å². The third kappa shape index (κ3) is 5.15. The van der Waals surface area contributed by atoms with Crippen LogP contribution in [0, 0.1) is 24.7 Å². The van der Waals surface area contributed by atoms with Gasteiger partial charge in [-0.3, -0.25) is 4.79 Å². The predicted molar refractivity (Wildman–Crippen MR) is 116 cm³/mol. The molecule has 5 heteroatoms. The zero-order chi connectivity index (χ0) is 20.9. The standard InChI is InChI=1S/C25H25N3O2/c1-18(13-22-6-3-5-21(15-22)10-9-20-7-8-20)28-19(2)14-23(16-25(28)29)30-17-24-26-11-4-12-27-24/h3-6,11-12,14-16,18,20H,7-8,13,17H2,1-2H3/t18-/m0/s1. The predicted octanol–water partition coefficient (Wildman–Crippen LogP) is 4.09. The summed E-state index contributed by atoms with van der Waals surface area (Å²) in [5, 5.41) is 0. The van der Waals surface area contributed by atoms with E-state index in [1.165, 1.54) is 24.5 Å². The fourth-order valence-corrected chi connectivity index (χ4v) is 3.50. The summed E-state index contributed by atoms with van der Waals surface area (Å²) < 4.78 is 7.53. The zero-order valence-electron chi connectivity index (χ0n) is 17.3. The van der Waals surface area contributed by atoms with Crippen molar-refractivity contribution in [1.82, 2.24) is 14.5 Å². The number of rotatable bonds is 6. The van der Waals surface area contributed by atoms with Gasteiger partial charge in [0.2, 0.25) is 0 Å². The molecule has 1 aromatic carbocycles. The van der Waals surface area contributed by atoms with E-state index in [0.717, 1.165) is 17.7 Å². The van der Waals surface area contributed by atoms with Gasteiger partial charge in [-0.05, 0) is 62.9 Å². The van der Waals surface area contributed by atoms with Gasteiger partial charge in [0.05, 0.1) is 0 Å². The van der Waals surface area contributed by atoms with E-state index >= 15 is 0 Å². The Balaban J connectivity index is 1.46. The van der Waals surface area contributed by atoms with Crippen molar-refractivity contribution in [1.29, 1.82) is 0 Å². The maximum Gasteiger partial charge on any atom is 0.254 e. The molecule has 0 bridgehead atoms. The minimum Gasteiger partial charge on any atom is -0.485 e. The summed E-state index contributed by atoms with van der Waals surface area (Å²) in [6.45, 7) is 4.23. The number of benzene rings is 1. The molecule has 1 fully saturated rings. The fraction of sp³-hybridized carbons (Fsp3) is 0.320. The topological polar surface area (TPSA) is 57.0 Å². The van der Waals surface area contributed by atoms with Crippen LogP contribution in [0.5, 0.6) is 5.75 Å². The van der Waals surface area contributed by atoms with Crippen LogP contribution in [0.2, 0.25) is 0 Å². The molecule has 2 heterocycles. The summed E-state index contributed by atoms with van der Waals surface area (Å²) in [5.74, 6) is 8.28. The molecule has 4 rings (SSSR count). The quantitative estimate of drug-likeness (QED) is 0.586. The van der Waals surface area contributed by atoms with E-state index in [-0.39, 0.29) is 18.2 Å². The molecule has 0 radical (unpaired) electrons. The highest BCUT2D eigenvalue weighted by Gasteiger charge is 2.17. The summed E-state index contributed by atoms with van der Waals surface area (Å²) in [5.41, 5.74) is 3.01. The van der Waals surface area contributed by atoms with Crippen LogP contribution in [0.25, 0.3) is 0 Å². The molecule has 0 N–H and O–H groups in total. The fourth-order valence-electron chi connectivity index (χ4n) is 3.50. The third-order valence-corrected chi connectivity index (χ3v) is 5.12. The van der Waals surface area contributed by atoms with Crippen molar-refractivity contribution in [3.8, 4) is 17.6 Å². The lowest BCUT2D eigenvalue weighted by Crippen LogP contribution is -2.26. The minimum atomic E-state index is -0.0730. The molecule has 152 valence electrons. The van der Waals surface area contributed by atoms with Gasteiger partial charge in [0, 0.05) is 41.7 Å². The lowest BCUT2D eigenvalue weighted by atomic mass is 10.0. The van der Waals surface area contributed by atoms with E-state index in [1.54, 1.807) is 18.5 Å². The Morgan fingerprint density at radius 1 is 1.17 bits per heavy atom. The Hall–Kier alpha value is -3.39. The van der Waals surface area contributed by atoms with Crippen LogP contribution in [0.1, 0.15) is 48.5 Å². The van der Waals surface area contributed by atoms with Crippen molar-refractivity contribution in [2.75, 3.05) is 0 Å². The van der Waals surface area contributed by atoms with Gasteiger partial charge in [-0.1, -0.05) is 24.0 Å². The van der Waals surface area contributed by atoms with Gasteiger partial charge in [0.1, 0.15) is 12.4 Å². The van der Waals surface area contributed by atoms with Crippen molar-refractivity contribution in [2.45, 2.75) is 45.8 Å². The number of aromatic nitrogens is 3. The maximum absolute atomic E-state index is 12.8. The Bertz CT molecular complexity index is 1140. The Morgan fingerprint density at radius 3 is 2.70 bits per heavy atom. The van der Waals surface area contributed by atoms with Crippen LogP contribution in [0.4, 0.5) is 0 Å². The van der Waals surface area contributed by atoms with Gasteiger partial charge in [0.25, 0.3) is 5.56 Å². The highest BCUT2D eigenvalue weighted by Crippen LogP contribution is 2.27. The molecule has 1 atom stereocenters. The molecular formula is C25H25N3O2. The first-order valence-corrected chi connectivity index (χ1v) is 10.3. The zero-order valence-corrected chi connectivity index (χ0v) is 17.3. The van der Waals surface area contributed by atoms with Crippen LogP contribution in [0.3, 0.4) is 0 Å². The number of nitrogens with zero attached hydrogens (tertiary/aromatic N) is 3. The van der Waals surface area contributed by atoms with Crippen LogP contribution in [-0.4, -0.2) is 14.5 Å². The van der Waals surface area contributed by atoms with E-state index in [0.29, 0.717) is 17.5 Å². The van der Waals surface area contributed by atoms with E-state index in [9.17, 15) is 4.79 Å². The average molecular weight is 399 g/mol. The van der Waals surface area contributed by atoms with Gasteiger partial charge in [0.15, 0.2) is 5.82 Å². The van der Waals surface area contributed by atoms with Gasteiger partial charge < -0.3 is 9.30 Å². The molecule has 0 unspecified atom stereocenters. The minimum absolute atomic E-state index is 0.0237. The maximum atomic E-state index is 12.8. The first kappa shape index (κ1) is 19.9. The van der Waals surface area contributed by atoms with Crippen molar-refractivity contribution in [3.63, 3.8) is 0 Å². The van der Waals surface area contributed by atoms with Crippen LogP contribution in [0.15, 0.2) is 59.7 Å². The second-order valence-electron chi connectivity index (χ2n) is 7.79. The Morgan fingerprint density at radius 2 is 1.97 bits per heavy atom. The molecule has 2 aromatic heterocycles. The highest BCUT2D eigenvalue weighted by molar-refractivity contribution is 5.38. The molecule has 1 aliphatic rings. The molecule has 0 aliphatic heterocycles. The number of hydrogen-bond donors (Lipinski definition) is 0. The summed E-state index contributed by atoms with van der Waals surface area (Å²) >= 11 is 0. The smallest absolute Gasteiger partial charge is 0.254 e. The van der Waals surface area contributed by atoms with Gasteiger partial charge in [-0.25, -0.2) is 9.97 Å². The van der Waals surface area contributed by atoms with Crippen LogP contribution in [-0.2, 0) is 13.0 Å². The second kappa shape index (κ2) is 8.96. The lowest BCUT2D eigenvalue weighted by molar-refractivity contribution is 0.293. The van der Waals surface area contributed by atoms with Crippen LogP contribution >= 0.6 is 0 Å². The lowest BCUT2D eigenvalue weighted by Gasteiger charge is -2.19. The molecular weight excluding hydrogens is 374 g/mol. The summed E-state index contributed by atoms with van der Waals surface area (Å²) in [6, 6.07) is 13.5. The van der Waals surface area contributed by atoms with E-state index in [4.69, 9.17) is 4.74 Å². The van der Waals surface area contributed by atoms with Crippen molar-refractivity contribution in [3.05, 3.63) is 87.9 Å². The Kier molecular flexibility index (Phi) is 5.94. The van der Waals surface area contributed by atoms with Crippen molar-refractivity contribution in [2.24, 2.45) is 5.92 Å². The molecule has 0 saturated heterocycles. The average Bonchev–Trinajstić information content (AvgIpc) is 3.56. The first-order chi connectivity index (χ1) is 14.6. The van der Waals surface area contributed by atoms with Gasteiger partial charge in [-0.2, -0.15) is 0 Å². The molecule has 0 spiro atoms. The molecule has 0 amide bonds. The largest absolute Gasteiger partial charge is 0.485 e. The summed E-state index contributed by atoms with van der Waals surface area (Å²) in [4.78, 5) is 21.1. The number of hydrogen-bond acceptors (Lipinski definition) is 4. The SMILES string of the molecule is Cc1cc(OCc2ncccn2)cc(=O)n1[C@@H](C)Cc1cccc(C#CC2CC2)c1. The van der Waals surface area contributed by atoms with Crippen molar-refractivity contribution < 1.29 is 4.74 Å². The van der Waals surface area contributed by atoms with E-state index in [1.807, 2.05) is 29.7 Å². The third-order valence-electron chi connectivity index (χ3n) is 5.12. The molecule has 30 heavy (non-hydrogen) atoms. The van der Waals surface area contributed by atoms with Crippen molar-refractivity contribution >= 4 is 0 Å². The van der Waals surface area contributed by atoms with E-state index < -0.39 is 0 Å². The highest BCUT2D eigenvalue weighted by atomic mass is 16.5. The summed E-state index contributed by atoms with van der Waals surface area (Å²) in [6.07, 6.45) is 6.55. The monoisotopic (exact) mass is 399 g/mol.